The smallest absolute Gasteiger partial charge is 0.277 e. The molecule has 20 heavy (non-hydrogen) atoms. The molecule has 0 aromatic heterocycles. The van der Waals surface area contributed by atoms with Crippen LogP contribution in [-0.2, 0) is 9.59 Å². The summed E-state index contributed by atoms with van der Waals surface area (Å²) in [5.74, 6) is -0.189. The average molecular weight is 388 g/mol. The molecule has 1 aromatic carbocycles. The van der Waals surface area contributed by atoms with Crippen molar-refractivity contribution in [2.24, 2.45) is 0 Å². The van der Waals surface area contributed by atoms with Gasteiger partial charge in [-0.05, 0) is 34.7 Å². The van der Waals surface area contributed by atoms with Gasteiger partial charge in [0, 0.05) is 17.8 Å². The minimum atomic E-state index is -0.443. The number of β-amino-alcohol motifs (C(OH)–C–C–N with tert-alkyl or cyclic N) is 1. The predicted molar refractivity (Wildman–Crippen MR) is 81.2 cm³/mol. The van der Waals surface area contributed by atoms with Crippen LogP contribution in [0.4, 0.5) is 5.69 Å². The monoisotopic (exact) mass is 388 g/mol. The number of nitrogens with one attached hydrogen (secondary N) is 1. The van der Waals surface area contributed by atoms with Crippen molar-refractivity contribution in [2.75, 3.05) is 25.6 Å². The zero-order valence-corrected chi connectivity index (χ0v) is 12.9. The lowest BCUT2D eigenvalue weighted by atomic mass is 10.3. The second-order valence-corrected chi connectivity index (χ2v) is 5.21. The molecule has 0 aliphatic carbocycles. The number of imide groups is 1. The Labute approximate surface area is 129 Å². The van der Waals surface area contributed by atoms with Gasteiger partial charge in [0.2, 0.25) is 0 Å². The van der Waals surface area contributed by atoms with Crippen LogP contribution in [0.1, 0.15) is 0 Å². The normalized spacial score (nSPS) is 14.6. The Balaban J connectivity index is 2.17. The largest absolute Gasteiger partial charge is 0.496 e. The van der Waals surface area contributed by atoms with Gasteiger partial charge >= 0.3 is 0 Å². The number of halogens is 1. The molecule has 0 spiro atoms. The topological polar surface area (TPSA) is 78.9 Å². The van der Waals surface area contributed by atoms with E-state index in [4.69, 9.17) is 9.84 Å². The third kappa shape index (κ3) is 2.93. The maximum absolute atomic E-state index is 12.0. The van der Waals surface area contributed by atoms with Gasteiger partial charge in [-0.2, -0.15) is 0 Å². The van der Waals surface area contributed by atoms with Crippen LogP contribution < -0.4 is 10.1 Å². The van der Waals surface area contributed by atoms with Crippen LogP contribution in [0.3, 0.4) is 0 Å². The maximum Gasteiger partial charge on any atom is 0.277 e. The first-order valence-corrected chi connectivity index (χ1v) is 6.93. The van der Waals surface area contributed by atoms with Crippen LogP contribution in [0.25, 0.3) is 0 Å². The number of nitrogens with zero attached hydrogens (tertiary/aromatic N) is 1. The Morgan fingerprint density at radius 3 is 2.80 bits per heavy atom. The summed E-state index contributed by atoms with van der Waals surface area (Å²) in [7, 11) is 1.56. The highest BCUT2D eigenvalue weighted by molar-refractivity contribution is 14.1. The molecule has 1 aliphatic rings. The van der Waals surface area contributed by atoms with Crippen LogP contribution in [-0.4, -0.2) is 42.1 Å². The van der Waals surface area contributed by atoms with Gasteiger partial charge in [-0.25, -0.2) is 0 Å². The number of methoxy groups -OCH3 is 1. The molecule has 1 aliphatic heterocycles. The summed E-state index contributed by atoms with van der Waals surface area (Å²) < 4.78 is 6.14. The number of aliphatic hydroxyl groups excluding tert-OH is 1. The molecule has 0 radical (unpaired) electrons. The van der Waals surface area contributed by atoms with Crippen LogP contribution in [0.15, 0.2) is 30.0 Å². The Morgan fingerprint density at radius 1 is 1.40 bits per heavy atom. The second-order valence-electron chi connectivity index (χ2n) is 4.05. The molecule has 0 saturated heterocycles. The minimum Gasteiger partial charge on any atom is -0.496 e. The quantitative estimate of drug-likeness (QED) is 0.581. The first-order chi connectivity index (χ1) is 9.56. The lowest BCUT2D eigenvalue weighted by molar-refractivity contribution is -0.137. The highest BCUT2D eigenvalue weighted by Gasteiger charge is 2.30. The number of benzene rings is 1. The SMILES string of the molecule is COc1cc(NC2=CC(=O)N(CCO)C2=O)ccc1I. The molecule has 1 heterocycles. The first-order valence-electron chi connectivity index (χ1n) is 5.85. The number of amides is 2. The van der Waals surface area contributed by atoms with E-state index in [1.165, 1.54) is 6.08 Å². The highest BCUT2D eigenvalue weighted by Crippen LogP contribution is 2.26. The minimum absolute atomic E-state index is 0.00461. The number of carbonyl (C=O) groups is 2. The molecular formula is C13H13IN2O4. The van der Waals surface area contributed by atoms with E-state index in [0.29, 0.717) is 11.4 Å². The summed E-state index contributed by atoms with van der Waals surface area (Å²) in [5.41, 5.74) is 0.840. The summed E-state index contributed by atoms with van der Waals surface area (Å²) in [4.78, 5) is 24.6. The fourth-order valence-corrected chi connectivity index (χ4v) is 2.36. The fraction of sp³-hybridized carbons (Fsp3) is 0.231. The number of aliphatic hydroxyl groups is 1. The van der Waals surface area contributed by atoms with Gasteiger partial charge in [-0.15, -0.1) is 0 Å². The highest BCUT2D eigenvalue weighted by atomic mass is 127. The van der Waals surface area contributed by atoms with Gasteiger partial charge in [0.15, 0.2) is 0 Å². The molecule has 2 rings (SSSR count). The van der Waals surface area contributed by atoms with Crippen LogP contribution in [0.5, 0.6) is 5.75 Å². The Morgan fingerprint density at radius 2 is 2.15 bits per heavy atom. The van der Waals surface area contributed by atoms with E-state index in [-0.39, 0.29) is 18.8 Å². The fourth-order valence-electron chi connectivity index (χ4n) is 1.80. The van der Waals surface area contributed by atoms with Gasteiger partial charge in [0.25, 0.3) is 11.8 Å². The van der Waals surface area contributed by atoms with Gasteiger partial charge in [-0.3, -0.25) is 14.5 Å². The molecule has 0 saturated carbocycles. The molecule has 1 aromatic rings. The number of ether oxygens (including phenoxy) is 1. The molecule has 2 N–H and O–H groups in total. The average Bonchev–Trinajstić information content (AvgIpc) is 2.69. The second kappa shape index (κ2) is 6.23. The molecule has 6 nitrogen and oxygen atoms in total. The van der Waals surface area contributed by atoms with Crippen molar-refractivity contribution in [1.29, 1.82) is 0 Å². The third-order valence-corrected chi connectivity index (χ3v) is 3.65. The summed E-state index contributed by atoms with van der Waals surface area (Å²) in [5, 5.41) is 11.7. The van der Waals surface area contributed by atoms with Crippen molar-refractivity contribution in [3.63, 3.8) is 0 Å². The van der Waals surface area contributed by atoms with Crippen molar-refractivity contribution >= 4 is 40.1 Å². The van der Waals surface area contributed by atoms with E-state index in [0.717, 1.165) is 8.47 Å². The number of carbonyl (C=O) groups excluding carboxylic acids is 2. The van der Waals surface area contributed by atoms with Crippen molar-refractivity contribution in [3.8, 4) is 5.75 Å². The number of hydrogen-bond donors (Lipinski definition) is 2. The van der Waals surface area contributed by atoms with E-state index in [1.807, 2.05) is 6.07 Å². The van der Waals surface area contributed by atoms with Crippen LogP contribution >= 0.6 is 22.6 Å². The Kier molecular flexibility index (Phi) is 4.61. The standard InChI is InChI=1S/C13H13IN2O4/c1-20-11-6-8(2-3-9(11)14)15-10-7-12(18)16(4-5-17)13(10)19/h2-3,6-7,15,17H,4-5H2,1H3. The zero-order valence-electron chi connectivity index (χ0n) is 10.7. The summed E-state index contributed by atoms with van der Waals surface area (Å²) >= 11 is 2.14. The number of rotatable bonds is 5. The molecule has 0 fully saturated rings. The molecular weight excluding hydrogens is 375 g/mol. The summed E-state index contributed by atoms with van der Waals surface area (Å²) in [6, 6.07) is 5.38. The van der Waals surface area contributed by atoms with E-state index >= 15 is 0 Å². The van der Waals surface area contributed by atoms with E-state index in [9.17, 15) is 9.59 Å². The molecule has 0 bridgehead atoms. The van der Waals surface area contributed by atoms with Crippen molar-refractivity contribution in [3.05, 3.63) is 33.5 Å². The lowest BCUT2D eigenvalue weighted by Crippen LogP contribution is -2.34. The van der Waals surface area contributed by atoms with Gasteiger partial charge in [0.1, 0.15) is 11.4 Å². The first kappa shape index (κ1) is 14.8. The maximum atomic E-state index is 12.0. The Bertz CT molecular complexity index is 586. The summed E-state index contributed by atoms with van der Waals surface area (Å²) in [6.07, 6.45) is 1.22. The molecule has 0 unspecified atom stereocenters. The van der Waals surface area contributed by atoms with Gasteiger partial charge in [-0.1, -0.05) is 0 Å². The number of anilines is 1. The lowest BCUT2D eigenvalue weighted by Gasteiger charge is -2.14. The molecule has 0 atom stereocenters. The van der Waals surface area contributed by atoms with Gasteiger partial charge in [0.05, 0.1) is 23.8 Å². The van der Waals surface area contributed by atoms with Crippen LogP contribution in [0, 0.1) is 3.57 Å². The third-order valence-electron chi connectivity index (χ3n) is 2.76. The van der Waals surface area contributed by atoms with Crippen molar-refractivity contribution in [2.45, 2.75) is 0 Å². The Hall–Kier alpha value is -1.61. The number of hydrogen-bond acceptors (Lipinski definition) is 5. The molecule has 7 heteroatoms. The van der Waals surface area contributed by atoms with Crippen molar-refractivity contribution < 1.29 is 19.4 Å². The summed E-state index contributed by atoms with van der Waals surface area (Å²) in [6.45, 7) is -0.259. The van der Waals surface area contributed by atoms with Gasteiger partial charge < -0.3 is 15.2 Å². The van der Waals surface area contributed by atoms with E-state index in [1.54, 1.807) is 19.2 Å². The molecule has 2 amide bonds. The van der Waals surface area contributed by atoms with E-state index < -0.39 is 11.8 Å². The predicted octanol–water partition coefficient (Wildman–Crippen LogP) is 0.957. The van der Waals surface area contributed by atoms with Crippen LogP contribution in [0.2, 0.25) is 0 Å². The molecule has 106 valence electrons. The van der Waals surface area contributed by atoms with Crippen molar-refractivity contribution in [1.82, 2.24) is 4.90 Å². The zero-order chi connectivity index (χ0) is 14.7. The van der Waals surface area contributed by atoms with E-state index in [2.05, 4.69) is 27.9 Å².